The second-order valence-electron chi connectivity index (χ2n) is 5.29. The first-order valence-electron chi connectivity index (χ1n) is 6.05. The van der Waals surface area contributed by atoms with Crippen molar-refractivity contribution in [2.24, 2.45) is 0 Å². The van der Waals surface area contributed by atoms with Crippen molar-refractivity contribution in [3.05, 3.63) is 29.8 Å². The summed E-state index contributed by atoms with van der Waals surface area (Å²) in [5, 5.41) is 20.7. The van der Waals surface area contributed by atoms with Crippen LogP contribution in [0.3, 0.4) is 0 Å². The number of hydrogen-bond acceptors (Lipinski definition) is 3. The molecule has 1 fully saturated rings. The third kappa shape index (κ3) is 2.61. The van der Waals surface area contributed by atoms with Crippen LogP contribution >= 0.6 is 0 Å². The summed E-state index contributed by atoms with van der Waals surface area (Å²) in [7, 11) is 1.62. The predicted molar refractivity (Wildman–Crippen MR) is 66.0 cm³/mol. The average molecular weight is 236 g/mol. The molecule has 3 nitrogen and oxygen atoms in total. The van der Waals surface area contributed by atoms with E-state index in [-0.39, 0.29) is 0 Å². The first-order valence-corrected chi connectivity index (χ1v) is 6.05. The molecule has 2 atom stereocenters. The molecule has 0 bridgehead atoms. The SMILES string of the molecule is COc1ccc([C@]2(O)CCC[C@@](C)(O)C2)cc1. The summed E-state index contributed by atoms with van der Waals surface area (Å²) in [5.41, 5.74) is -0.820. The zero-order chi connectivity index (χ0) is 12.5. The van der Waals surface area contributed by atoms with E-state index in [1.807, 2.05) is 24.3 Å². The molecule has 1 saturated carbocycles. The van der Waals surface area contributed by atoms with Gasteiger partial charge in [-0.05, 0) is 43.9 Å². The topological polar surface area (TPSA) is 49.7 Å². The molecule has 0 radical (unpaired) electrons. The Morgan fingerprint density at radius 1 is 1.12 bits per heavy atom. The van der Waals surface area contributed by atoms with Gasteiger partial charge in [0.2, 0.25) is 0 Å². The third-order valence-electron chi connectivity index (χ3n) is 3.61. The Labute approximate surface area is 102 Å². The molecule has 1 aromatic carbocycles. The standard InChI is InChI=1S/C14H20O3/c1-13(15)8-3-9-14(16,10-13)11-4-6-12(17-2)7-5-11/h4-7,15-16H,3,8-10H2,1-2H3/t13-,14+/m1/s1. The fraction of sp³-hybridized carbons (Fsp3) is 0.571. The van der Waals surface area contributed by atoms with Gasteiger partial charge in [-0.2, -0.15) is 0 Å². The highest BCUT2D eigenvalue weighted by Crippen LogP contribution is 2.41. The first kappa shape index (κ1) is 12.4. The molecule has 2 rings (SSSR count). The van der Waals surface area contributed by atoms with Crippen molar-refractivity contribution in [1.82, 2.24) is 0 Å². The van der Waals surface area contributed by atoms with Gasteiger partial charge < -0.3 is 14.9 Å². The van der Waals surface area contributed by atoms with Crippen molar-refractivity contribution < 1.29 is 14.9 Å². The molecule has 1 aromatic rings. The van der Waals surface area contributed by atoms with Crippen molar-refractivity contribution in [3.8, 4) is 5.75 Å². The zero-order valence-corrected chi connectivity index (χ0v) is 10.4. The highest BCUT2D eigenvalue weighted by atomic mass is 16.5. The molecule has 0 aliphatic heterocycles. The number of aliphatic hydroxyl groups is 2. The van der Waals surface area contributed by atoms with Gasteiger partial charge in [0, 0.05) is 6.42 Å². The lowest BCUT2D eigenvalue weighted by molar-refractivity contribution is -0.0958. The minimum Gasteiger partial charge on any atom is -0.497 e. The number of rotatable bonds is 2. The third-order valence-corrected chi connectivity index (χ3v) is 3.61. The van der Waals surface area contributed by atoms with Crippen LogP contribution < -0.4 is 4.74 Å². The normalized spacial score (nSPS) is 33.4. The molecule has 1 aliphatic carbocycles. The zero-order valence-electron chi connectivity index (χ0n) is 10.4. The van der Waals surface area contributed by atoms with Gasteiger partial charge in [-0.1, -0.05) is 12.1 Å². The molecular formula is C14H20O3. The van der Waals surface area contributed by atoms with E-state index in [4.69, 9.17) is 4.74 Å². The lowest BCUT2D eigenvalue weighted by atomic mass is 9.73. The van der Waals surface area contributed by atoms with E-state index in [9.17, 15) is 10.2 Å². The fourth-order valence-electron chi connectivity index (χ4n) is 2.72. The van der Waals surface area contributed by atoms with E-state index >= 15 is 0 Å². The quantitative estimate of drug-likeness (QED) is 0.827. The molecule has 17 heavy (non-hydrogen) atoms. The van der Waals surface area contributed by atoms with Crippen molar-refractivity contribution in [2.45, 2.75) is 43.8 Å². The lowest BCUT2D eigenvalue weighted by Crippen LogP contribution is -2.41. The van der Waals surface area contributed by atoms with Crippen LogP contribution in [0.1, 0.15) is 38.2 Å². The summed E-state index contributed by atoms with van der Waals surface area (Å²) in [5.74, 6) is 0.778. The Kier molecular flexibility index (Phi) is 3.15. The monoisotopic (exact) mass is 236 g/mol. The molecule has 2 N–H and O–H groups in total. The molecule has 1 aliphatic rings. The van der Waals surface area contributed by atoms with E-state index in [0.29, 0.717) is 12.8 Å². The van der Waals surface area contributed by atoms with Gasteiger partial charge in [0.05, 0.1) is 18.3 Å². The Balaban J connectivity index is 2.24. The largest absolute Gasteiger partial charge is 0.497 e. The van der Waals surface area contributed by atoms with Gasteiger partial charge in [0.25, 0.3) is 0 Å². The Bertz CT molecular complexity index is 383. The minimum atomic E-state index is -0.909. The second-order valence-corrected chi connectivity index (χ2v) is 5.29. The molecule has 0 heterocycles. The maximum absolute atomic E-state index is 10.6. The van der Waals surface area contributed by atoms with E-state index < -0.39 is 11.2 Å². The van der Waals surface area contributed by atoms with Crippen LogP contribution in [0.15, 0.2) is 24.3 Å². The molecule has 94 valence electrons. The summed E-state index contributed by atoms with van der Waals surface area (Å²) >= 11 is 0. The van der Waals surface area contributed by atoms with Gasteiger partial charge in [-0.15, -0.1) is 0 Å². The van der Waals surface area contributed by atoms with Crippen molar-refractivity contribution in [2.75, 3.05) is 7.11 Å². The van der Waals surface area contributed by atoms with E-state index in [1.165, 1.54) is 0 Å². The van der Waals surface area contributed by atoms with E-state index in [0.717, 1.165) is 24.2 Å². The van der Waals surface area contributed by atoms with Gasteiger partial charge in [0.1, 0.15) is 5.75 Å². The van der Waals surface area contributed by atoms with Crippen molar-refractivity contribution >= 4 is 0 Å². The maximum atomic E-state index is 10.6. The summed E-state index contributed by atoms with van der Waals surface area (Å²) in [4.78, 5) is 0. The number of hydrogen-bond donors (Lipinski definition) is 2. The van der Waals surface area contributed by atoms with Gasteiger partial charge in [-0.3, -0.25) is 0 Å². The second kappa shape index (κ2) is 4.31. The number of ether oxygens (including phenoxy) is 1. The Morgan fingerprint density at radius 3 is 2.29 bits per heavy atom. The van der Waals surface area contributed by atoms with Crippen LogP contribution in [-0.4, -0.2) is 22.9 Å². The van der Waals surface area contributed by atoms with E-state index in [1.54, 1.807) is 14.0 Å². The van der Waals surface area contributed by atoms with Gasteiger partial charge in [0.15, 0.2) is 0 Å². The van der Waals surface area contributed by atoms with Crippen LogP contribution in [0.4, 0.5) is 0 Å². The molecule has 0 saturated heterocycles. The summed E-state index contributed by atoms with van der Waals surface area (Å²) in [6.07, 6.45) is 2.70. The molecule has 3 heteroatoms. The Hall–Kier alpha value is -1.06. The summed E-state index contributed by atoms with van der Waals surface area (Å²) < 4.78 is 5.10. The molecule has 0 spiro atoms. The van der Waals surface area contributed by atoms with Crippen molar-refractivity contribution in [1.29, 1.82) is 0 Å². The summed E-state index contributed by atoms with van der Waals surface area (Å²) in [6, 6.07) is 7.44. The molecule has 0 aromatic heterocycles. The Morgan fingerprint density at radius 2 is 1.76 bits per heavy atom. The van der Waals surface area contributed by atoms with Gasteiger partial charge in [-0.25, -0.2) is 0 Å². The lowest BCUT2D eigenvalue weighted by Gasteiger charge is -2.40. The maximum Gasteiger partial charge on any atom is 0.118 e. The summed E-state index contributed by atoms with van der Waals surface area (Å²) in [6.45, 7) is 1.79. The fourth-order valence-corrected chi connectivity index (χ4v) is 2.72. The van der Waals surface area contributed by atoms with E-state index in [2.05, 4.69) is 0 Å². The smallest absolute Gasteiger partial charge is 0.118 e. The van der Waals surface area contributed by atoms with Crippen LogP contribution in [0.5, 0.6) is 5.75 Å². The van der Waals surface area contributed by atoms with Crippen LogP contribution in [0.25, 0.3) is 0 Å². The predicted octanol–water partition coefficient (Wildman–Crippen LogP) is 2.21. The molecular weight excluding hydrogens is 216 g/mol. The first-order chi connectivity index (χ1) is 7.95. The van der Waals surface area contributed by atoms with Gasteiger partial charge >= 0.3 is 0 Å². The van der Waals surface area contributed by atoms with Crippen molar-refractivity contribution in [3.63, 3.8) is 0 Å². The number of methoxy groups -OCH3 is 1. The van der Waals surface area contributed by atoms with Crippen LogP contribution in [0, 0.1) is 0 Å². The highest BCUT2D eigenvalue weighted by Gasteiger charge is 2.40. The van der Waals surface area contributed by atoms with Crippen LogP contribution in [-0.2, 0) is 5.60 Å². The highest BCUT2D eigenvalue weighted by molar-refractivity contribution is 5.31. The number of benzene rings is 1. The molecule has 0 unspecified atom stereocenters. The average Bonchev–Trinajstić information content (AvgIpc) is 2.27. The minimum absolute atomic E-state index is 0.395. The van der Waals surface area contributed by atoms with Crippen LogP contribution in [0.2, 0.25) is 0 Å². The molecule has 0 amide bonds.